The summed E-state index contributed by atoms with van der Waals surface area (Å²) in [6, 6.07) is 5.32. The maximum absolute atomic E-state index is 13.4. The number of aromatic nitrogens is 1. The fourth-order valence-corrected chi connectivity index (χ4v) is 3.97. The van der Waals surface area contributed by atoms with Crippen LogP contribution in [0.15, 0.2) is 18.2 Å². The third kappa shape index (κ3) is 2.30. The third-order valence-corrected chi connectivity index (χ3v) is 4.97. The van der Waals surface area contributed by atoms with E-state index >= 15 is 0 Å². The second-order valence-electron chi connectivity index (χ2n) is 5.02. The molecule has 0 saturated carbocycles. The van der Waals surface area contributed by atoms with Crippen molar-refractivity contribution in [1.29, 1.82) is 0 Å². The standard InChI is InChI=1S/C15H17FN2S/c1-9-6-7-10(16)8-11(9)15-18-13-5-3-4-12(17-2)14(13)19-15/h6-8,12,17H,3-5H2,1-2H3. The van der Waals surface area contributed by atoms with Gasteiger partial charge in [0.2, 0.25) is 0 Å². The first-order valence-electron chi connectivity index (χ1n) is 6.62. The lowest BCUT2D eigenvalue weighted by Crippen LogP contribution is -2.19. The number of aryl methyl sites for hydroxylation is 2. The monoisotopic (exact) mass is 276 g/mol. The summed E-state index contributed by atoms with van der Waals surface area (Å²) in [5.41, 5.74) is 3.19. The van der Waals surface area contributed by atoms with Gasteiger partial charge >= 0.3 is 0 Å². The lowest BCUT2D eigenvalue weighted by atomic mass is 9.98. The van der Waals surface area contributed by atoms with Crippen LogP contribution < -0.4 is 5.32 Å². The highest BCUT2D eigenvalue weighted by Crippen LogP contribution is 2.38. The molecule has 1 unspecified atom stereocenters. The minimum absolute atomic E-state index is 0.195. The summed E-state index contributed by atoms with van der Waals surface area (Å²) < 4.78 is 13.4. The van der Waals surface area contributed by atoms with E-state index < -0.39 is 0 Å². The quantitative estimate of drug-likeness (QED) is 0.901. The van der Waals surface area contributed by atoms with Gasteiger partial charge in [0, 0.05) is 16.5 Å². The molecule has 4 heteroatoms. The first-order valence-corrected chi connectivity index (χ1v) is 7.44. The second-order valence-corrected chi connectivity index (χ2v) is 6.05. The first kappa shape index (κ1) is 12.8. The van der Waals surface area contributed by atoms with Crippen molar-refractivity contribution in [2.75, 3.05) is 7.05 Å². The van der Waals surface area contributed by atoms with Crippen LogP contribution >= 0.6 is 11.3 Å². The molecule has 0 bridgehead atoms. The fourth-order valence-electron chi connectivity index (χ4n) is 2.63. The van der Waals surface area contributed by atoms with Gasteiger partial charge in [-0.05, 0) is 50.9 Å². The number of rotatable bonds is 2. The molecule has 2 nitrogen and oxygen atoms in total. The van der Waals surface area contributed by atoms with Crippen molar-refractivity contribution in [2.24, 2.45) is 0 Å². The van der Waals surface area contributed by atoms with E-state index in [0.29, 0.717) is 6.04 Å². The molecule has 1 atom stereocenters. The lowest BCUT2D eigenvalue weighted by Gasteiger charge is -2.19. The van der Waals surface area contributed by atoms with Gasteiger partial charge in [-0.2, -0.15) is 0 Å². The zero-order chi connectivity index (χ0) is 13.4. The molecule has 3 rings (SSSR count). The minimum atomic E-state index is -0.195. The molecule has 1 aromatic heterocycles. The predicted octanol–water partition coefficient (Wildman–Crippen LogP) is 3.85. The van der Waals surface area contributed by atoms with E-state index in [0.717, 1.165) is 29.0 Å². The Bertz CT molecular complexity index is 606. The van der Waals surface area contributed by atoms with Gasteiger partial charge in [0.25, 0.3) is 0 Å². The Kier molecular flexibility index (Phi) is 3.37. The van der Waals surface area contributed by atoms with E-state index in [1.54, 1.807) is 17.4 Å². The summed E-state index contributed by atoms with van der Waals surface area (Å²) in [4.78, 5) is 6.06. The Labute approximate surface area is 116 Å². The van der Waals surface area contributed by atoms with E-state index in [9.17, 15) is 4.39 Å². The molecular weight excluding hydrogens is 259 g/mol. The fraction of sp³-hybridized carbons (Fsp3) is 0.400. The topological polar surface area (TPSA) is 24.9 Å². The smallest absolute Gasteiger partial charge is 0.124 e. The average molecular weight is 276 g/mol. The number of nitrogens with one attached hydrogen (secondary N) is 1. The highest BCUT2D eigenvalue weighted by atomic mass is 32.1. The van der Waals surface area contributed by atoms with Gasteiger partial charge in [-0.25, -0.2) is 9.37 Å². The van der Waals surface area contributed by atoms with Gasteiger partial charge in [0.15, 0.2) is 0 Å². The molecule has 1 N–H and O–H groups in total. The molecule has 0 spiro atoms. The average Bonchev–Trinajstić information content (AvgIpc) is 2.85. The number of thiazole rings is 1. The Hall–Kier alpha value is -1.26. The number of fused-ring (bicyclic) bond motifs is 1. The molecule has 0 amide bonds. The SMILES string of the molecule is CNC1CCCc2nc(-c3cc(F)ccc3C)sc21. The normalized spacial score (nSPS) is 18.4. The van der Waals surface area contributed by atoms with Crippen LogP contribution in [-0.4, -0.2) is 12.0 Å². The highest BCUT2D eigenvalue weighted by Gasteiger charge is 2.24. The maximum atomic E-state index is 13.4. The van der Waals surface area contributed by atoms with E-state index in [-0.39, 0.29) is 5.82 Å². The van der Waals surface area contributed by atoms with Crippen molar-refractivity contribution in [3.63, 3.8) is 0 Å². The molecular formula is C15H17FN2S. The molecule has 1 heterocycles. The Balaban J connectivity index is 2.07. The van der Waals surface area contributed by atoms with Gasteiger partial charge in [-0.1, -0.05) is 6.07 Å². The highest BCUT2D eigenvalue weighted by molar-refractivity contribution is 7.15. The number of hydrogen-bond donors (Lipinski definition) is 1. The number of halogens is 1. The van der Waals surface area contributed by atoms with Crippen LogP contribution in [0.4, 0.5) is 4.39 Å². The van der Waals surface area contributed by atoms with E-state index in [4.69, 9.17) is 4.98 Å². The van der Waals surface area contributed by atoms with Gasteiger partial charge in [-0.15, -0.1) is 11.3 Å². The van der Waals surface area contributed by atoms with Crippen LogP contribution in [-0.2, 0) is 6.42 Å². The van der Waals surface area contributed by atoms with Crippen LogP contribution in [0.25, 0.3) is 10.6 Å². The number of hydrogen-bond acceptors (Lipinski definition) is 3. The summed E-state index contributed by atoms with van der Waals surface area (Å²) >= 11 is 1.70. The summed E-state index contributed by atoms with van der Waals surface area (Å²) in [5.74, 6) is -0.195. The van der Waals surface area contributed by atoms with Crippen molar-refractivity contribution in [1.82, 2.24) is 10.3 Å². The number of benzene rings is 1. The van der Waals surface area contributed by atoms with Gasteiger partial charge in [-0.3, -0.25) is 0 Å². The van der Waals surface area contributed by atoms with Crippen LogP contribution in [0.3, 0.4) is 0 Å². The zero-order valence-corrected chi connectivity index (χ0v) is 12.0. The molecule has 0 fully saturated rings. The molecule has 0 aliphatic heterocycles. The van der Waals surface area contributed by atoms with Crippen LogP contribution in [0.1, 0.15) is 35.0 Å². The summed E-state index contributed by atoms with van der Waals surface area (Å²) in [6.45, 7) is 2.00. The molecule has 0 radical (unpaired) electrons. The molecule has 19 heavy (non-hydrogen) atoms. The molecule has 2 aromatic rings. The predicted molar refractivity (Wildman–Crippen MR) is 77.0 cm³/mol. The van der Waals surface area contributed by atoms with Crippen molar-refractivity contribution in [3.8, 4) is 10.6 Å². The summed E-state index contributed by atoms with van der Waals surface area (Å²) in [5, 5.41) is 4.30. The van der Waals surface area contributed by atoms with Crippen molar-refractivity contribution >= 4 is 11.3 Å². The number of nitrogens with zero attached hydrogens (tertiary/aromatic N) is 1. The first-order chi connectivity index (χ1) is 9.19. The molecule has 1 aromatic carbocycles. The van der Waals surface area contributed by atoms with E-state index in [1.165, 1.54) is 23.1 Å². The minimum Gasteiger partial charge on any atom is -0.312 e. The molecule has 1 aliphatic carbocycles. The lowest BCUT2D eigenvalue weighted by molar-refractivity contribution is 0.501. The molecule has 1 aliphatic rings. The Morgan fingerprint density at radius 3 is 3.05 bits per heavy atom. The Morgan fingerprint density at radius 1 is 1.42 bits per heavy atom. The second kappa shape index (κ2) is 5.02. The Morgan fingerprint density at radius 2 is 2.26 bits per heavy atom. The maximum Gasteiger partial charge on any atom is 0.124 e. The van der Waals surface area contributed by atoms with Crippen LogP contribution in [0.2, 0.25) is 0 Å². The zero-order valence-electron chi connectivity index (χ0n) is 11.2. The summed E-state index contributed by atoms with van der Waals surface area (Å²) in [7, 11) is 1.99. The van der Waals surface area contributed by atoms with Gasteiger partial charge in [0.05, 0.1) is 5.69 Å². The molecule has 100 valence electrons. The van der Waals surface area contributed by atoms with Crippen LogP contribution in [0.5, 0.6) is 0 Å². The van der Waals surface area contributed by atoms with Crippen molar-refractivity contribution in [3.05, 3.63) is 40.2 Å². The van der Waals surface area contributed by atoms with Crippen molar-refractivity contribution < 1.29 is 4.39 Å². The van der Waals surface area contributed by atoms with E-state index in [1.807, 2.05) is 20.0 Å². The van der Waals surface area contributed by atoms with Gasteiger partial charge < -0.3 is 5.32 Å². The molecule has 0 saturated heterocycles. The largest absolute Gasteiger partial charge is 0.312 e. The summed E-state index contributed by atoms with van der Waals surface area (Å²) in [6.07, 6.45) is 3.37. The van der Waals surface area contributed by atoms with Gasteiger partial charge in [0.1, 0.15) is 10.8 Å². The third-order valence-electron chi connectivity index (χ3n) is 3.73. The van der Waals surface area contributed by atoms with E-state index in [2.05, 4.69) is 5.32 Å². The van der Waals surface area contributed by atoms with Crippen molar-refractivity contribution in [2.45, 2.75) is 32.2 Å². The van der Waals surface area contributed by atoms with Crippen LogP contribution in [0, 0.1) is 12.7 Å².